The number of hydrogen-bond donors (Lipinski definition) is 0. The fourth-order valence-corrected chi connectivity index (χ4v) is 0.124. The van der Waals surface area contributed by atoms with Crippen molar-refractivity contribution < 1.29 is 122 Å². The third-order valence-electron chi connectivity index (χ3n) is 0.322. The fourth-order valence-electron chi connectivity index (χ4n) is 0.124. The number of methoxy groups -OCH3 is 1. The van der Waals surface area contributed by atoms with Crippen LogP contribution in [-0.4, -0.2) is 21.2 Å². The van der Waals surface area contributed by atoms with Gasteiger partial charge in [-0.1, -0.05) is 0 Å². The molecule has 9 heavy (non-hydrogen) atoms. The molecular weight excluding hydrogens is 177 g/mol. The Labute approximate surface area is 140 Å². The zero-order valence-electron chi connectivity index (χ0n) is 5.92. The van der Waals surface area contributed by atoms with Crippen LogP contribution in [0.25, 0.3) is 0 Å². The summed E-state index contributed by atoms with van der Waals surface area (Å²) in [6, 6.07) is 0. The Hall–Kier alpha value is 3.18. The van der Waals surface area contributed by atoms with Crippen LogP contribution in [0, 0.1) is 0 Å². The van der Waals surface area contributed by atoms with Crippen molar-refractivity contribution in [2.24, 2.45) is 0 Å². The van der Waals surface area contributed by atoms with Gasteiger partial charge in [0.05, 0.1) is 7.32 Å². The van der Waals surface area contributed by atoms with Gasteiger partial charge in [-0.15, -0.1) is 0 Å². The predicted octanol–water partition coefficient (Wildman–Crippen LogP) is -8.68. The molecule has 42 valence electrons. The van der Waals surface area contributed by atoms with Crippen molar-refractivity contribution in [3.05, 3.63) is 0 Å². The first kappa shape index (κ1) is 18.1. The summed E-state index contributed by atoms with van der Waals surface area (Å²) < 4.78 is 8.09. The number of ether oxygens (including phenoxy) is 1. The molecule has 0 rings (SSSR count). The van der Waals surface area contributed by atoms with Crippen molar-refractivity contribution in [3.8, 4) is 0 Å². The van der Waals surface area contributed by atoms with E-state index in [1.807, 2.05) is 0 Å². The Morgan fingerprint density at radius 2 is 1.78 bits per heavy atom. The summed E-state index contributed by atoms with van der Waals surface area (Å²) in [6.07, 6.45) is 0. The maximum Gasteiger partial charge on any atom is 1.00 e. The summed E-state index contributed by atoms with van der Waals surface area (Å²) in [4.78, 5) is 0. The first-order valence-electron chi connectivity index (χ1n) is 1.69. The molecule has 0 unspecified atom stereocenters. The van der Waals surface area contributed by atoms with E-state index in [9.17, 15) is 10.0 Å². The smallest absolute Gasteiger partial charge is 0.871 e. The van der Waals surface area contributed by atoms with Gasteiger partial charge in [0, 0.05) is 7.11 Å². The van der Waals surface area contributed by atoms with Gasteiger partial charge in [0.25, 0.3) is 0 Å². The molecule has 0 aliphatic rings. The van der Waals surface area contributed by atoms with Crippen molar-refractivity contribution in [2.75, 3.05) is 13.9 Å². The average Bonchev–Trinajstić information content (AvgIpc) is 1.61. The Bertz CT molecular complexity index is 45.5. The summed E-state index contributed by atoms with van der Waals surface area (Å²) in [6.45, 7) is -0.225. The van der Waals surface area contributed by atoms with E-state index in [0.29, 0.717) is 0 Å². The van der Waals surface area contributed by atoms with Gasteiger partial charge >= 0.3 is 103 Å². The molecule has 0 saturated heterocycles. The summed E-state index contributed by atoms with van der Waals surface area (Å²) >= 11 is 0. The van der Waals surface area contributed by atoms with Crippen LogP contribution in [-0.2, 0) is 9.39 Å². The minimum atomic E-state index is -2.22. The molecule has 0 atom stereocenters. The van der Waals surface area contributed by atoms with Crippen molar-refractivity contribution >= 4 is 7.32 Å². The maximum absolute atomic E-state index is 9.43. The van der Waals surface area contributed by atoms with Gasteiger partial charge in [-0.05, 0) is 0 Å². The number of hydrogen-bond acceptors (Lipinski definition) is 4. The van der Waals surface area contributed by atoms with Crippen LogP contribution in [0.1, 0.15) is 0 Å². The molecule has 0 amide bonds. The van der Waals surface area contributed by atoms with Crippen molar-refractivity contribution in [2.45, 2.75) is 0 Å². The van der Waals surface area contributed by atoms with Gasteiger partial charge in [0.1, 0.15) is 6.79 Å². The topological polar surface area (TPSA) is 64.6 Å². The third-order valence-corrected chi connectivity index (χ3v) is 0.322. The van der Waals surface area contributed by atoms with Crippen LogP contribution in [0.3, 0.4) is 0 Å². The van der Waals surface area contributed by atoms with Gasteiger partial charge in [-0.25, -0.2) is 0 Å². The summed E-state index contributed by atoms with van der Waals surface area (Å²) in [7, 11) is -0.887. The van der Waals surface area contributed by atoms with Gasteiger partial charge in [-0.3, -0.25) is 0 Å². The second-order valence-electron chi connectivity index (χ2n) is 0.862. The molecule has 0 aromatic carbocycles. The third kappa shape index (κ3) is 18.3. The van der Waals surface area contributed by atoms with E-state index in [4.69, 9.17) is 0 Å². The van der Waals surface area contributed by atoms with Crippen molar-refractivity contribution in [1.29, 1.82) is 0 Å². The Morgan fingerprint density at radius 1 is 1.33 bits per heavy atom. The zero-order chi connectivity index (χ0) is 5.70. The van der Waals surface area contributed by atoms with Crippen LogP contribution in [0.2, 0.25) is 0 Å². The fraction of sp³-hybridized carbons (Fsp3) is 1.00. The van der Waals surface area contributed by atoms with Crippen LogP contribution >= 0.6 is 0 Å². The predicted molar refractivity (Wildman–Crippen MR) is 18.7 cm³/mol. The normalized spacial score (nSPS) is 7.00. The maximum atomic E-state index is 9.43. The second kappa shape index (κ2) is 13.7. The van der Waals surface area contributed by atoms with E-state index in [2.05, 4.69) is 9.39 Å². The SMILES string of the molecule is COCOB([O-])[O-].[K+].[K+]. The van der Waals surface area contributed by atoms with E-state index in [1.54, 1.807) is 0 Å². The molecule has 0 aromatic heterocycles. The van der Waals surface area contributed by atoms with E-state index in [-0.39, 0.29) is 110 Å². The molecule has 0 aromatic rings. The zero-order valence-corrected chi connectivity index (χ0v) is 12.2. The Morgan fingerprint density at radius 3 is 1.89 bits per heavy atom. The minimum Gasteiger partial charge on any atom is -0.871 e. The van der Waals surface area contributed by atoms with E-state index in [1.165, 1.54) is 7.11 Å². The second-order valence-corrected chi connectivity index (χ2v) is 0.862. The standard InChI is InChI=1S/C2H5BO4.2K/c1-6-2-7-3(4)5;;/h2H2,1H3;;/q-2;2*+1. The first-order chi connectivity index (χ1) is 3.27. The molecule has 0 saturated carbocycles. The summed E-state index contributed by atoms with van der Waals surface area (Å²) in [5, 5.41) is 18.9. The van der Waals surface area contributed by atoms with Crippen molar-refractivity contribution in [3.63, 3.8) is 0 Å². The van der Waals surface area contributed by atoms with Gasteiger partial charge in [-0.2, -0.15) is 0 Å². The molecule has 0 bridgehead atoms. The van der Waals surface area contributed by atoms with Gasteiger partial charge < -0.3 is 19.4 Å². The molecule has 4 nitrogen and oxygen atoms in total. The number of rotatable bonds is 3. The summed E-state index contributed by atoms with van der Waals surface area (Å²) in [5.74, 6) is 0. The molecule has 7 heteroatoms. The van der Waals surface area contributed by atoms with E-state index < -0.39 is 7.32 Å². The molecule has 0 aliphatic heterocycles. The molecule has 0 heterocycles. The summed E-state index contributed by atoms with van der Waals surface area (Å²) in [5.41, 5.74) is 0. The molecule has 0 aliphatic carbocycles. The Kier molecular flexibility index (Phi) is 27.6. The van der Waals surface area contributed by atoms with Crippen LogP contribution in [0.15, 0.2) is 0 Å². The van der Waals surface area contributed by atoms with E-state index in [0.717, 1.165) is 0 Å². The van der Waals surface area contributed by atoms with Crippen LogP contribution < -0.4 is 113 Å². The van der Waals surface area contributed by atoms with Gasteiger partial charge in [0.15, 0.2) is 0 Å². The molecule has 0 spiro atoms. The van der Waals surface area contributed by atoms with Crippen LogP contribution in [0.4, 0.5) is 0 Å². The quantitative estimate of drug-likeness (QED) is 0.321. The largest absolute Gasteiger partial charge is 1.00 e. The first-order valence-corrected chi connectivity index (χ1v) is 1.69. The Balaban J connectivity index is -0.000000180. The van der Waals surface area contributed by atoms with Crippen LogP contribution in [0.5, 0.6) is 0 Å². The minimum absolute atomic E-state index is 0. The molecule has 0 N–H and O–H groups in total. The van der Waals surface area contributed by atoms with E-state index >= 15 is 0 Å². The van der Waals surface area contributed by atoms with Crippen molar-refractivity contribution in [1.82, 2.24) is 0 Å². The van der Waals surface area contributed by atoms with Gasteiger partial charge in [0.2, 0.25) is 0 Å². The monoisotopic (exact) mass is 182 g/mol. The molecule has 0 fully saturated rings. The average molecular weight is 182 g/mol. The molecular formula is C2H5BK2O4. The molecule has 0 radical (unpaired) electrons.